The highest BCUT2D eigenvalue weighted by atomic mass is 16.5. The molecule has 1 aromatic rings. The molecular formula is C26H47NO2. The zero-order chi connectivity index (χ0) is 22.4. The number of likely N-dealkylation sites (N-methyl/N-ethyl adjacent to an activating group) is 1. The van der Waals surface area contributed by atoms with Crippen LogP contribution in [0.4, 0.5) is 0 Å². The average Bonchev–Trinajstić information content (AvgIpc) is 3.21. The van der Waals surface area contributed by atoms with Gasteiger partial charge in [0.15, 0.2) is 11.5 Å². The van der Waals surface area contributed by atoms with Gasteiger partial charge in [-0.15, -0.1) is 6.58 Å². The molecule has 0 amide bonds. The van der Waals surface area contributed by atoms with Gasteiger partial charge < -0.3 is 14.8 Å². The highest BCUT2D eigenvalue weighted by Crippen LogP contribution is 2.57. The number of hydrogen-bond donors (Lipinski definition) is 1. The second-order valence-electron chi connectivity index (χ2n) is 6.98. The van der Waals surface area contributed by atoms with Gasteiger partial charge in [-0.1, -0.05) is 60.6 Å². The number of aryl methyl sites for hydroxylation is 1. The van der Waals surface area contributed by atoms with E-state index in [4.69, 9.17) is 9.47 Å². The number of ether oxygens (including phenoxy) is 2. The minimum atomic E-state index is 0.397. The maximum Gasteiger partial charge on any atom is 0.165 e. The number of nitrogens with one attached hydrogen (secondary N) is 1. The highest BCUT2D eigenvalue weighted by molar-refractivity contribution is 5.57. The lowest BCUT2D eigenvalue weighted by molar-refractivity contribution is 0.0697. The van der Waals surface area contributed by atoms with Crippen molar-refractivity contribution in [1.82, 2.24) is 5.32 Å². The van der Waals surface area contributed by atoms with Gasteiger partial charge in [-0.05, 0) is 56.2 Å². The minimum Gasteiger partial charge on any atom is -0.493 e. The van der Waals surface area contributed by atoms with Crippen molar-refractivity contribution < 1.29 is 9.47 Å². The van der Waals surface area contributed by atoms with Crippen molar-refractivity contribution in [3.05, 3.63) is 35.9 Å². The van der Waals surface area contributed by atoms with E-state index in [0.717, 1.165) is 24.0 Å². The zero-order valence-electron chi connectivity index (χ0n) is 20.6. The van der Waals surface area contributed by atoms with Gasteiger partial charge >= 0.3 is 0 Å². The summed E-state index contributed by atoms with van der Waals surface area (Å²) in [5.74, 6) is 4.14. The predicted molar refractivity (Wildman–Crippen MR) is 129 cm³/mol. The van der Waals surface area contributed by atoms with Crippen LogP contribution in [0.15, 0.2) is 24.8 Å². The molecule has 1 aromatic carbocycles. The molecule has 168 valence electrons. The first-order chi connectivity index (χ1) is 14.2. The van der Waals surface area contributed by atoms with Crippen LogP contribution in [0.1, 0.15) is 84.8 Å². The van der Waals surface area contributed by atoms with E-state index < -0.39 is 0 Å². The summed E-state index contributed by atoms with van der Waals surface area (Å²) in [5.41, 5.74) is 2.99. The Hall–Kier alpha value is -1.48. The van der Waals surface area contributed by atoms with Crippen molar-refractivity contribution in [3.8, 4) is 11.5 Å². The fraction of sp³-hybridized carbons (Fsp3) is 0.692. The second kappa shape index (κ2) is 15.4. The van der Waals surface area contributed by atoms with Gasteiger partial charge in [0.05, 0.1) is 7.11 Å². The van der Waals surface area contributed by atoms with Gasteiger partial charge in [0.2, 0.25) is 0 Å². The smallest absolute Gasteiger partial charge is 0.165 e. The van der Waals surface area contributed by atoms with Crippen molar-refractivity contribution in [2.75, 3.05) is 20.7 Å². The Morgan fingerprint density at radius 1 is 1.10 bits per heavy atom. The van der Waals surface area contributed by atoms with Gasteiger partial charge in [0, 0.05) is 18.0 Å². The molecule has 3 heteroatoms. The summed E-state index contributed by atoms with van der Waals surface area (Å²) in [7, 11) is 3.63. The van der Waals surface area contributed by atoms with Crippen LogP contribution in [0.3, 0.4) is 0 Å². The van der Waals surface area contributed by atoms with Gasteiger partial charge in [0.25, 0.3) is 0 Å². The molecule has 0 bridgehead atoms. The van der Waals surface area contributed by atoms with Gasteiger partial charge in [-0.3, -0.25) is 0 Å². The highest BCUT2D eigenvalue weighted by Gasteiger charge is 2.49. The molecular weight excluding hydrogens is 358 g/mol. The van der Waals surface area contributed by atoms with E-state index >= 15 is 0 Å². The van der Waals surface area contributed by atoms with Crippen molar-refractivity contribution in [3.63, 3.8) is 0 Å². The Labute approximate surface area is 181 Å². The molecule has 3 nitrogen and oxygen atoms in total. The Balaban J connectivity index is 0.000000612. The molecule has 1 fully saturated rings. The lowest BCUT2D eigenvalue weighted by Crippen LogP contribution is -2.37. The van der Waals surface area contributed by atoms with Crippen LogP contribution < -0.4 is 14.8 Å². The molecule has 3 aliphatic rings. The SMILES string of the molecule is C=CCNC.CC.CC.CC.COc1ccc2c3c1OC1C(C)CCC(CC2)C31. The standard InChI is InChI=1S/C16H20O2.C4H9N.3C2H6/c1-9-3-4-10-5-6-11-7-8-12(17-2)16-14(11)13(10)15(9)18-16;1-3-4-5-2;3*1-2/h7-10,13,15H,3-6H2,1-2H3;3,5H,1,4H2,2H3;3*1-2H3. The molecule has 0 radical (unpaired) electrons. The first kappa shape index (κ1) is 27.5. The third-order valence-corrected chi connectivity index (χ3v) is 5.61. The molecule has 0 saturated heterocycles. The Morgan fingerprint density at radius 3 is 2.28 bits per heavy atom. The second-order valence-corrected chi connectivity index (χ2v) is 6.98. The van der Waals surface area contributed by atoms with Gasteiger partial charge in [-0.2, -0.15) is 0 Å². The van der Waals surface area contributed by atoms with Gasteiger partial charge in [-0.25, -0.2) is 0 Å². The van der Waals surface area contributed by atoms with Gasteiger partial charge in [0.1, 0.15) is 6.10 Å². The number of hydrogen-bond acceptors (Lipinski definition) is 3. The summed E-state index contributed by atoms with van der Waals surface area (Å²) >= 11 is 0. The maximum atomic E-state index is 6.31. The van der Waals surface area contributed by atoms with E-state index in [2.05, 4.69) is 31.0 Å². The van der Waals surface area contributed by atoms with Crippen molar-refractivity contribution in [2.45, 2.75) is 86.2 Å². The third-order valence-electron chi connectivity index (χ3n) is 5.61. The summed E-state index contributed by atoms with van der Waals surface area (Å²) in [6.07, 6.45) is 7.47. The Morgan fingerprint density at radius 2 is 1.76 bits per heavy atom. The normalized spacial score (nSPS) is 24.2. The molecule has 4 unspecified atom stereocenters. The molecule has 1 heterocycles. The molecule has 4 rings (SSSR count). The number of methoxy groups -OCH3 is 1. The average molecular weight is 406 g/mol. The quantitative estimate of drug-likeness (QED) is 0.549. The Bertz CT molecular complexity index is 570. The largest absolute Gasteiger partial charge is 0.493 e. The van der Waals surface area contributed by atoms with Crippen LogP contribution in [-0.4, -0.2) is 26.8 Å². The topological polar surface area (TPSA) is 30.5 Å². The monoisotopic (exact) mass is 405 g/mol. The van der Waals surface area contributed by atoms with E-state index in [1.807, 2.05) is 54.7 Å². The maximum absolute atomic E-state index is 6.31. The van der Waals surface area contributed by atoms with Crippen LogP contribution in [0, 0.1) is 11.8 Å². The Kier molecular flexibility index (Phi) is 14.6. The number of rotatable bonds is 3. The van der Waals surface area contributed by atoms with Crippen LogP contribution in [0.25, 0.3) is 0 Å². The number of benzene rings is 1. The molecule has 2 aliphatic carbocycles. The summed E-state index contributed by atoms with van der Waals surface area (Å²) in [6.45, 7) is 18.7. The van der Waals surface area contributed by atoms with Crippen molar-refractivity contribution >= 4 is 0 Å². The predicted octanol–water partition coefficient (Wildman–Crippen LogP) is 7.00. The third kappa shape index (κ3) is 6.50. The van der Waals surface area contributed by atoms with E-state index in [0.29, 0.717) is 17.9 Å². The lowest BCUT2D eigenvalue weighted by Gasteiger charge is -2.39. The molecule has 29 heavy (non-hydrogen) atoms. The van der Waals surface area contributed by atoms with E-state index in [1.54, 1.807) is 7.11 Å². The van der Waals surface area contributed by atoms with Crippen molar-refractivity contribution in [2.24, 2.45) is 11.8 Å². The molecule has 1 aliphatic heterocycles. The van der Waals surface area contributed by atoms with E-state index in [9.17, 15) is 0 Å². The molecule has 0 spiro atoms. The van der Waals surface area contributed by atoms with Crippen molar-refractivity contribution in [1.29, 1.82) is 0 Å². The minimum absolute atomic E-state index is 0.397. The molecule has 1 saturated carbocycles. The van der Waals surface area contributed by atoms with Crippen LogP contribution in [-0.2, 0) is 6.42 Å². The van der Waals surface area contributed by atoms with E-state index in [-0.39, 0.29) is 0 Å². The van der Waals surface area contributed by atoms with Crippen LogP contribution in [0.5, 0.6) is 11.5 Å². The fourth-order valence-electron chi connectivity index (χ4n) is 4.46. The zero-order valence-corrected chi connectivity index (χ0v) is 20.6. The first-order valence-electron chi connectivity index (χ1n) is 11.8. The first-order valence-corrected chi connectivity index (χ1v) is 11.8. The summed E-state index contributed by atoms with van der Waals surface area (Å²) in [6, 6.07) is 4.33. The van der Waals surface area contributed by atoms with Crippen LogP contribution in [0.2, 0.25) is 0 Å². The van der Waals surface area contributed by atoms with Crippen LogP contribution >= 0.6 is 0 Å². The summed E-state index contributed by atoms with van der Waals surface area (Å²) in [5, 5.41) is 2.90. The fourth-order valence-corrected chi connectivity index (χ4v) is 4.46. The summed E-state index contributed by atoms with van der Waals surface area (Å²) in [4.78, 5) is 0. The molecule has 1 N–H and O–H groups in total. The molecule has 4 atom stereocenters. The molecule has 0 aromatic heterocycles. The lowest BCUT2D eigenvalue weighted by atomic mass is 9.65. The summed E-state index contributed by atoms with van der Waals surface area (Å²) < 4.78 is 11.8. The van der Waals surface area contributed by atoms with E-state index in [1.165, 1.54) is 36.8 Å².